The number of hydrogen-bond acceptors (Lipinski definition) is 2. The molecule has 1 saturated carbocycles. The molecule has 2 nitrogen and oxygen atoms in total. The lowest BCUT2D eigenvalue weighted by Crippen LogP contribution is -2.25. The second kappa shape index (κ2) is 5.26. The van der Waals surface area contributed by atoms with Crippen LogP contribution in [0.2, 0.25) is 0 Å². The van der Waals surface area contributed by atoms with Crippen LogP contribution >= 0.6 is 0 Å². The van der Waals surface area contributed by atoms with Crippen molar-refractivity contribution in [3.05, 3.63) is 35.4 Å². The molecule has 1 fully saturated rings. The minimum Gasteiger partial charge on any atom is -0.309 e. The molecule has 0 atom stereocenters. The van der Waals surface area contributed by atoms with Crippen molar-refractivity contribution in [1.29, 1.82) is 0 Å². The van der Waals surface area contributed by atoms with E-state index in [1.54, 1.807) is 0 Å². The number of rotatable bonds is 6. The average Bonchev–Trinajstić information content (AvgIpc) is 3.13. The van der Waals surface area contributed by atoms with E-state index in [2.05, 4.69) is 18.3 Å². The summed E-state index contributed by atoms with van der Waals surface area (Å²) >= 11 is 0. The van der Waals surface area contributed by atoms with Crippen LogP contribution in [0.4, 0.5) is 0 Å². The Labute approximate surface area is 97.1 Å². The third-order valence-electron chi connectivity index (χ3n) is 3.07. The van der Waals surface area contributed by atoms with Gasteiger partial charge in [-0.05, 0) is 43.4 Å². The monoisotopic (exact) mass is 217 g/mol. The minimum atomic E-state index is 0.205. The zero-order chi connectivity index (χ0) is 11.4. The van der Waals surface area contributed by atoms with Crippen LogP contribution in [0.1, 0.15) is 35.7 Å². The van der Waals surface area contributed by atoms with Gasteiger partial charge in [0.25, 0.3) is 0 Å². The maximum atomic E-state index is 11.9. The van der Waals surface area contributed by atoms with Gasteiger partial charge in [0.1, 0.15) is 0 Å². The Kier molecular flexibility index (Phi) is 3.73. The number of nitrogens with one attached hydrogen (secondary N) is 1. The Bertz CT molecular complexity index is 369. The number of aryl methyl sites for hydroxylation is 1. The number of hydrogen-bond donors (Lipinski definition) is 1. The first-order chi connectivity index (χ1) is 7.79. The second-order valence-electron chi connectivity index (χ2n) is 4.55. The van der Waals surface area contributed by atoms with E-state index in [1.807, 2.05) is 18.2 Å². The first-order valence-electron chi connectivity index (χ1n) is 6.12. The first-order valence-corrected chi connectivity index (χ1v) is 6.12. The molecular formula is C14H19NO. The number of benzene rings is 1. The molecule has 0 amide bonds. The Hall–Kier alpha value is -1.15. The second-order valence-corrected chi connectivity index (χ2v) is 4.55. The highest BCUT2D eigenvalue weighted by molar-refractivity contribution is 5.97. The van der Waals surface area contributed by atoms with Gasteiger partial charge in [0.05, 0.1) is 6.54 Å². The molecule has 1 aromatic carbocycles. The molecule has 0 unspecified atom stereocenters. The molecule has 0 bridgehead atoms. The zero-order valence-corrected chi connectivity index (χ0v) is 9.83. The van der Waals surface area contributed by atoms with Gasteiger partial charge in [0.15, 0.2) is 5.78 Å². The van der Waals surface area contributed by atoms with Crippen molar-refractivity contribution in [3.8, 4) is 0 Å². The molecule has 2 rings (SSSR count). The summed E-state index contributed by atoms with van der Waals surface area (Å²) in [6.07, 6.45) is 3.63. The molecule has 16 heavy (non-hydrogen) atoms. The molecule has 1 aliphatic rings. The van der Waals surface area contributed by atoms with Gasteiger partial charge >= 0.3 is 0 Å². The van der Waals surface area contributed by atoms with Gasteiger partial charge in [-0.15, -0.1) is 0 Å². The summed E-state index contributed by atoms with van der Waals surface area (Å²) < 4.78 is 0. The van der Waals surface area contributed by atoms with E-state index in [9.17, 15) is 4.79 Å². The third-order valence-corrected chi connectivity index (χ3v) is 3.07. The van der Waals surface area contributed by atoms with Gasteiger partial charge < -0.3 is 5.32 Å². The van der Waals surface area contributed by atoms with E-state index in [-0.39, 0.29) is 5.78 Å². The molecule has 0 aromatic heterocycles. The fourth-order valence-electron chi connectivity index (χ4n) is 1.78. The minimum absolute atomic E-state index is 0.205. The number of ketones is 1. The lowest BCUT2D eigenvalue weighted by atomic mass is 10.1. The van der Waals surface area contributed by atoms with Gasteiger partial charge in [-0.2, -0.15) is 0 Å². The predicted molar refractivity (Wildman–Crippen MR) is 65.7 cm³/mol. The zero-order valence-electron chi connectivity index (χ0n) is 9.83. The highest BCUT2D eigenvalue weighted by Gasteiger charge is 2.20. The normalized spacial score (nSPS) is 15.1. The van der Waals surface area contributed by atoms with Crippen LogP contribution in [0, 0.1) is 5.92 Å². The molecule has 0 heterocycles. The Balaban J connectivity index is 1.86. The van der Waals surface area contributed by atoms with Crippen LogP contribution in [-0.2, 0) is 6.42 Å². The van der Waals surface area contributed by atoms with Crippen molar-refractivity contribution in [3.63, 3.8) is 0 Å². The fraction of sp³-hybridized carbons (Fsp3) is 0.500. The fourth-order valence-corrected chi connectivity index (χ4v) is 1.78. The lowest BCUT2D eigenvalue weighted by Gasteiger charge is -2.04. The van der Waals surface area contributed by atoms with Crippen LogP contribution in [0.15, 0.2) is 24.3 Å². The number of carbonyl (C=O) groups excluding carboxylic acids is 1. The molecule has 0 aliphatic heterocycles. The molecule has 86 valence electrons. The predicted octanol–water partition coefficient (Wildman–Crippen LogP) is 2.43. The van der Waals surface area contributed by atoms with Crippen molar-refractivity contribution in [2.75, 3.05) is 13.1 Å². The van der Waals surface area contributed by atoms with E-state index >= 15 is 0 Å². The van der Waals surface area contributed by atoms with Crippen LogP contribution in [-0.4, -0.2) is 18.9 Å². The lowest BCUT2D eigenvalue weighted by molar-refractivity contribution is 0.0991. The number of Topliss-reactive ketones (excluding diaryl/α,β-unsaturated/α-hetero) is 1. The summed E-state index contributed by atoms with van der Waals surface area (Å²) in [6, 6.07) is 7.93. The average molecular weight is 217 g/mol. The van der Waals surface area contributed by atoms with Crippen LogP contribution in [0.25, 0.3) is 0 Å². The molecular weight excluding hydrogens is 198 g/mol. The Morgan fingerprint density at radius 2 is 2.25 bits per heavy atom. The molecule has 2 heteroatoms. The molecule has 0 saturated heterocycles. The SMILES string of the molecule is CCc1cccc(C(=O)CNCC2CC2)c1. The third kappa shape index (κ3) is 3.17. The van der Waals surface area contributed by atoms with E-state index in [4.69, 9.17) is 0 Å². The van der Waals surface area contributed by atoms with Crippen molar-refractivity contribution in [1.82, 2.24) is 5.32 Å². The van der Waals surface area contributed by atoms with E-state index in [1.165, 1.54) is 18.4 Å². The van der Waals surface area contributed by atoms with Gasteiger partial charge in [0, 0.05) is 5.56 Å². The maximum Gasteiger partial charge on any atom is 0.176 e. The van der Waals surface area contributed by atoms with Crippen molar-refractivity contribution < 1.29 is 4.79 Å². The van der Waals surface area contributed by atoms with Gasteiger partial charge in [-0.25, -0.2) is 0 Å². The van der Waals surface area contributed by atoms with Gasteiger partial charge in [-0.1, -0.05) is 25.1 Å². The smallest absolute Gasteiger partial charge is 0.176 e. The summed E-state index contributed by atoms with van der Waals surface area (Å²) in [5, 5.41) is 3.23. The molecule has 0 radical (unpaired) electrons. The van der Waals surface area contributed by atoms with Crippen LogP contribution < -0.4 is 5.32 Å². The summed E-state index contributed by atoms with van der Waals surface area (Å²) in [4.78, 5) is 11.9. The standard InChI is InChI=1S/C14H19NO/c1-2-11-4-3-5-13(8-11)14(16)10-15-9-12-6-7-12/h3-5,8,12,15H,2,6-7,9-10H2,1H3. The molecule has 0 spiro atoms. The van der Waals surface area contributed by atoms with E-state index in [0.29, 0.717) is 6.54 Å². The first kappa shape index (κ1) is 11.3. The number of carbonyl (C=O) groups is 1. The van der Waals surface area contributed by atoms with Crippen LogP contribution in [0.5, 0.6) is 0 Å². The van der Waals surface area contributed by atoms with E-state index < -0.39 is 0 Å². The maximum absolute atomic E-state index is 11.9. The highest BCUT2D eigenvalue weighted by atomic mass is 16.1. The summed E-state index contributed by atoms with van der Waals surface area (Å²) in [6.45, 7) is 3.58. The molecule has 1 aromatic rings. The summed E-state index contributed by atoms with van der Waals surface area (Å²) in [5.41, 5.74) is 2.07. The molecule has 1 N–H and O–H groups in total. The van der Waals surface area contributed by atoms with E-state index in [0.717, 1.165) is 24.4 Å². The van der Waals surface area contributed by atoms with Crippen molar-refractivity contribution in [2.24, 2.45) is 5.92 Å². The largest absolute Gasteiger partial charge is 0.309 e. The highest BCUT2D eigenvalue weighted by Crippen LogP contribution is 2.27. The summed E-state index contributed by atoms with van der Waals surface area (Å²) in [7, 11) is 0. The summed E-state index contributed by atoms with van der Waals surface area (Å²) in [5.74, 6) is 1.03. The Morgan fingerprint density at radius 3 is 2.94 bits per heavy atom. The topological polar surface area (TPSA) is 29.1 Å². The van der Waals surface area contributed by atoms with Crippen molar-refractivity contribution >= 4 is 5.78 Å². The van der Waals surface area contributed by atoms with Crippen molar-refractivity contribution in [2.45, 2.75) is 26.2 Å². The van der Waals surface area contributed by atoms with Crippen LogP contribution in [0.3, 0.4) is 0 Å². The molecule has 1 aliphatic carbocycles. The van der Waals surface area contributed by atoms with Gasteiger partial charge in [0.2, 0.25) is 0 Å². The van der Waals surface area contributed by atoms with Gasteiger partial charge in [-0.3, -0.25) is 4.79 Å². The Morgan fingerprint density at radius 1 is 1.44 bits per heavy atom. The quantitative estimate of drug-likeness (QED) is 0.741.